The van der Waals surface area contributed by atoms with E-state index in [0.29, 0.717) is 0 Å². The molecule has 0 bridgehead atoms. The van der Waals surface area contributed by atoms with E-state index in [0.717, 1.165) is 30.1 Å². The molecule has 104 valence electrons. The van der Waals surface area contributed by atoms with Gasteiger partial charge in [0.05, 0.1) is 23.0 Å². The number of aryl methyl sites for hydroxylation is 2. The van der Waals surface area contributed by atoms with Gasteiger partial charge >= 0.3 is 0 Å². The van der Waals surface area contributed by atoms with E-state index >= 15 is 0 Å². The van der Waals surface area contributed by atoms with Gasteiger partial charge in [-0.1, -0.05) is 25.4 Å². The molecule has 3 nitrogen and oxygen atoms in total. The van der Waals surface area contributed by atoms with Gasteiger partial charge in [-0.25, -0.2) is 0 Å². The van der Waals surface area contributed by atoms with Crippen LogP contribution >= 0.6 is 22.9 Å². The van der Waals surface area contributed by atoms with E-state index in [-0.39, 0.29) is 6.04 Å². The molecule has 0 radical (unpaired) electrons. The zero-order valence-corrected chi connectivity index (χ0v) is 13.2. The van der Waals surface area contributed by atoms with Crippen molar-refractivity contribution in [1.29, 1.82) is 0 Å². The topological polar surface area (TPSA) is 29.9 Å². The summed E-state index contributed by atoms with van der Waals surface area (Å²) < 4.78 is 1.86. The summed E-state index contributed by atoms with van der Waals surface area (Å²) in [4.78, 5) is 2.70. The second-order valence-corrected chi connectivity index (χ2v) is 6.15. The molecule has 2 rings (SSSR count). The van der Waals surface area contributed by atoms with Crippen LogP contribution in [0.4, 0.5) is 0 Å². The Bertz CT molecular complexity index is 513. The van der Waals surface area contributed by atoms with Crippen molar-refractivity contribution in [1.82, 2.24) is 15.1 Å². The van der Waals surface area contributed by atoms with Gasteiger partial charge in [-0.05, 0) is 31.5 Å². The molecule has 0 aliphatic rings. The molecule has 5 heteroatoms. The number of nitrogens with one attached hydrogen (secondary N) is 1. The summed E-state index contributed by atoms with van der Waals surface area (Å²) in [5, 5.41) is 8.54. The maximum Gasteiger partial charge on any atom is 0.0857 e. The predicted octanol–water partition coefficient (Wildman–Crippen LogP) is 3.79. The van der Waals surface area contributed by atoms with E-state index in [1.54, 1.807) is 6.20 Å². The molecule has 2 heterocycles. The number of halogens is 1. The second-order valence-electron chi connectivity index (χ2n) is 4.55. The summed E-state index contributed by atoms with van der Waals surface area (Å²) in [7, 11) is 1.94. The monoisotopic (exact) mass is 297 g/mol. The highest BCUT2D eigenvalue weighted by molar-refractivity contribution is 7.12. The Morgan fingerprint density at radius 2 is 2.21 bits per heavy atom. The van der Waals surface area contributed by atoms with Crippen LogP contribution in [0.15, 0.2) is 18.3 Å². The third-order valence-corrected chi connectivity index (χ3v) is 4.71. The van der Waals surface area contributed by atoms with Crippen molar-refractivity contribution in [3.05, 3.63) is 38.8 Å². The summed E-state index contributed by atoms with van der Waals surface area (Å²) in [5.41, 5.74) is 1.04. The first-order chi connectivity index (χ1) is 9.17. The SMILES string of the molecule is CCCNC(c1ccc(CC)s1)c1c(Cl)cnn1C. The van der Waals surface area contributed by atoms with E-state index in [9.17, 15) is 0 Å². The quantitative estimate of drug-likeness (QED) is 0.879. The van der Waals surface area contributed by atoms with Crippen LogP contribution in [-0.2, 0) is 13.5 Å². The van der Waals surface area contributed by atoms with E-state index in [2.05, 4.69) is 36.4 Å². The van der Waals surface area contributed by atoms with Crippen molar-refractivity contribution in [3.8, 4) is 0 Å². The van der Waals surface area contributed by atoms with Crippen molar-refractivity contribution in [2.24, 2.45) is 7.05 Å². The molecular weight excluding hydrogens is 278 g/mol. The van der Waals surface area contributed by atoms with Crippen LogP contribution in [-0.4, -0.2) is 16.3 Å². The van der Waals surface area contributed by atoms with Gasteiger partial charge < -0.3 is 5.32 Å². The van der Waals surface area contributed by atoms with Crippen LogP contribution in [0.3, 0.4) is 0 Å². The average molecular weight is 298 g/mol. The summed E-state index contributed by atoms with van der Waals surface area (Å²) in [6.07, 6.45) is 3.88. The Morgan fingerprint density at radius 1 is 1.42 bits per heavy atom. The Labute approximate surface area is 123 Å². The summed E-state index contributed by atoms with van der Waals surface area (Å²) in [5.74, 6) is 0. The fourth-order valence-electron chi connectivity index (χ4n) is 2.11. The molecule has 0 spiro atoms. The number of thiophene rings is 1. The summed E-state index contributed by atoms with van der Waals surface area (Å²) in [6.45, 7) is 5.31. The summed E-state index contributed by atoms with van der Waals surface area (Å²) >= 11 is 8.14. The number of aromatic nitrogens is 2. The molecule has 0 saturated heterocycles. The first-order valence-corrected chi connectivity index (χ1v) is 7.86. The van der Waals surface area contributed by atoms with Gasteiger partial charge in [-0.3, -0.25) is 4.68 Å². The highest BCUT2D eigenvalue weighted by atomic mass is 35.5. The fourth-order valence-corrected chi connectivity index (χ4v) is 3.41. The lowest BCUT2D eigenvalue weighted by Gasteiger charge is -2.18. The van der Waals surface area contributed by atoms with Gasteiger partial charge in [0, 0.05) is 16.8 Å². The third kappa shape index (κ3) is 3.19. The van der Waals surface area contributed by atoms with Gasteiger partial charge in [0.1, 0.15) is 0 Å². The molecule has 0 aromatic carbocycles. The maximum atomic E-state index is 6.29. The van der Waals surface area contributed by atoms with Crippen LogP contribution in [0.1, 0.15) is 41.8 Å². The van der Waals surface area contributed by atoms with E-state index < -0.39 is 0 Å². The molecule has 1 atom stereocenters. The van der Waals surface area contributed by atoms with Crippen molar-refractivity contribution < 1.29 is 0 Å². The van der Waals surface area contributed by atoms with Crippen molar-refractivity contribution in [2.45, 2.75) is 32.7 Å². The van der Waals surface area contributed by atoms with Crippen LogP contribution in [0.2, 0.25) is 5.02 Å². The van der Waals surface area contributed by atoms with Gasteiger partial charge in [-0.15, -0.1) is 11.3 Å². The smallest absolute Gasteiger partial charge is 0.0857 e. The van der Waals surface area contributed by atoms with Crippen molar-refractivity contribution in [3.63, 3.8) is 0 Å². The predicted molar refractivity (Wildman–Crippen MR) is 82.1 cm³/mol. The van der Waals surface area contributed by atoms with Crippen LogP contribution < -0.4 is 5.32 Å². The van der Waals surface area contributed by atoms with Crippen molar-refractivity contribution >= 4 is 22.9 Å². The molecule has 0 saturated carbocycles. The normalized spacial score (nSPS) is 12.8. The van der Waals surface area contributed by atoms with Crippen LogP contribution in [0, 0.1) is 0 Å². The van der Waals surface area contributed by atoms with Crippen molar-refractivity contribution in [2.75, 3.05) is 6.54 Å². The molecule has 0 amide bonds. The highest BCUT2D eigenvalue weighted by Gasteiger charge is 2.21. The lowest BCUT2D eigenvalue weighted by molar-refractivity contribution is 0.560. The molecule has 1 N–H and O–H groups in total. The molecule has 0 aliphatic carbocycles. The van der Waals surface area contributed by atoms with Gasteiger partial charge in [0.15, 0.2) is 0 Å². The minimum absolute atomic E-state index is 0.130. The second kappa shape index (κ2) is 6.55. The van der Waals surface area contributed by atoms with Crippen LogP contribution in [0.25, 0.3) is 0 Å². The number of nitrogens with zero attached hydrogens (tertiary/aromatic N) is 2. The van der Waals surface area contributed by atoms with Gasteiger partial charge in [0.25, 0.3) is 0 Å². The first-order valence-electron chi connectivity index (χ1n) is 6.66. The Morgan fingerprint density at radius 3 is 2.74 bits per heavy atom. The zero-order chi connectivity index (χ0) is 13.8. The molecule has 0 fully saturated rings. The fraction of sp³-hybridized carbons (Fsp3) is 0.500. The summed E-state index contributed by atoms with van der Waals surface area (Å²) in [6, 6.07) is 4.52. The number of hydrogen-bond acceptors (Lipinski definition) is 3. The van der Waals surface area contributed by atoms with E-state index in [1.807, 2.05) is 23.1 Å². The van der Waals surface area contributed by atoms with Gasteiger partial charge in [-0.2, -0.15) is 5.10 Å². The third-order valence-electron chi connectivity index (χ3n) is 3.12. The standard InChI is InChI=1S/C14H20ClN3S/c1-4-8-16-13(12-7-6-10(5-2)19-12)14-11(15)9-17-18(14)3/h6-7,9,13,16H,4-5,8H2,1-3H3. The Balaban J connectivity index is 2.35. The maximum absolute atomic E-state index is 6.29. The number of rotatable bonds is 6. The lowest BCUT2D eigenvalue weighted by Crippen LogP contribution is -2.24. The minimum atomic E-state index is 0.130. The molecule has 2 aromatic rings. The molecular formula is C14H20ClN3S. The van der Waals surface area contributed by atoms with E-state index in [4.69, 9.17) is 11.6 Å². The van der Waals surface area contributed by atoms with Crippen LogP contribution in [0.5, 0.6) is 0 Å². The van der Waals surface area contributed by atoms with E-state index in [1.165, 1.54) is 9.75 Å². The zero-order valence-electron chi connectivity index (χ0n) is 11.6. The lowest BCUT2D eigenvalue weighted by atomic mass is 10.1. The largest absolute Gasteiger partial charge is 0.304 e. The highest BCUT2D eigenvalue weighted by Crippen LogP contribution is 2.32. The van der Waals surface area contributed by atoms with Gasteiger partial charge in [0.2, 0.25) is 0 Å². The Hall–Kier alpha value is -0.840. The molecule has 0 aliphatic heterocycles. The number of hydrogen-bond donors (Lipinski definition) is 1. The molecule has 1 unspecified atom stereocenters. The molecule has 19 heavy (non-hydrogen) atoms. The average Bonchev–Trinajstić information content (AvgIpc) is 3.00. The molecule has 2 aromatic heterocycles. The Kier molecular flexibility index (Phi) is 5.02. The first kappa shape index (κ1) is 14.6. The minimum Gasteiger partial charge on any atom is -0.304 e.